The molecule has 4 N–H and O–H groups in total. The van der Waals surface area contributed by atoms with Gasteiger partial charge in [-0.15, -0.1) is 0 Å². The summed E-state index contributed by atoms with van der Waals surface area (Å²) in [4.78, 5) is 22.6. The van der Waals surface area contributed by atoms with Crippen molar-refractivity contribution < 1.29 is 9.21 Å². The first-order valence-electron chi connectivity index (χ1n) is 10.3. The van der Waals surface area contributed by atoms with Gasteiger partial charge in [0.25, 0.3) is 5.91 Å². The number of nitrogens with zero attached hydrogens (tertiary/aromatic N) is 2. The maximum Gasteiger partial charge on any atom is 0.254 e. The van der Waals surface area contributed by atoms with Gasteiger partial charge in [-0.3, -0.25) is 10.2 Å². The van der Waals surface area contributed by atoms with Crippen LogP contribution in [0, 0.1) is 12.3 Å². The van der Waals surface area contributed by atoms with E-state index in [4.69, 9.17) is 15.6 Å². The van der Waals surface area contributed by atoms with Crippen LogP contribution in [0.1, 0.15) is 46.2 Å². The lowest BCUT2D eigenvalue weighted by Crippen LogP contribution is -2.37. The molecule has 1 saturated heterocycles. The smallest absolute Gasteiger partial charge is 0.254 e. The molecule has 1 fully saturated rings. The Bertz CT molecular complexity index is 1260. The zero-order chi connectivity index (χ0) is 21.5. The number of nitrogens with two attached hydrogens (primary N) is 1. The Labute approximate surface area is 183 Å². The Kier molecular flexibility index (Phi) is 4.86. The minimum Gasteiger partial charge on any atom is -0.454 e. The largest absolute Gasteiger partial charge is 0.454 e. The van der Waals surface area contributed by atoms with Crippen molar-refractivity contribution in [2.24, 2.45) is 5.73 Å². The summed E-state index contributed by atoms with van der Waals surface area (Å²) >= 11 is 1.53. The first-order valence-corrected chi connectivity index (χ1v) is 11.2. The number of para-hydroxylation sites is 1. The molecule has 1 aliphatic rings. The first kappa shape index (κ1) is 19.6. The normalized spacial score (nSPS) is 14.9. The zero-order valence-corrected chi connectivity index (χ0v) is 18.0. The van der Waals surface area contributed by atoms with E-state index >= 15 is 0 Å². The van der Waals surface area contributed by atoms with E-state index in [0.29, 0.717) is 30.2 Å². The van der Waals surface area contributed by atoms with E-state index in [9.17, 15) is 4.79 Å². The number of hydrogen-bond donors (Lipinski definition) is 3. The molecule has 4 aromatic rings. The number of aromatic nitrogens is 2. The van der Waals surface area contributed by atoms with Gasteiger partial charge in [-0.25, -0.2) is 4.98 Å². The number of piperidine rings is 1. The fraction of sp³-hybridized carbons (Fsp3) is 0.261. The Balaban J connectivity index is 1.42. The maximum absolute atomic E-state index is 12.6. The number of furan rings is 1. The van der Waals surface area contributed by atoms with Gasteiger partial charge in [-0.05, 0) is 37.3 Å². The van der Waals surface area contributed by atoms with E-state index in [1.165, 1.54) is 11.3 Å². The van der Waals surface area contributed by atoms with Gasteiger partial charge in [-0.2, -0.15) is 11.3 Å². The van der Waals surface area contributed by atoms with Crippen molar-refractivity contribution in [2.45, 2.75) is 25.7 Å². The molecule has 0 saturated carbocycles. The van der Waals surface area contributed by atoms with Crippen molar-refractivity contribution in [1.29, 1.82) is 5.41 Å². The molecule has 0 spiro atoms. The third-order valence-corrected chi connectivity index (χ3v) is 6.67. The van der Waals surface area contributed by atoms with Gasteiger partial charge < -0.3 is 20.0 Å². The SMILES string of the molecule is Cc1c(-c2[nH]c(C3CCN(C(=O)c4ccsc4)CC3)nc2C(=N)N)oc2ccccc12. The highest BCUT2D eigenvalue weighted by Gasteiger charge is 2.29. The van der Waals surface area contributed by atoms with Gasteiger partial charge >= 0.3 is 0 Å². The molecule has 5 rings (SSSR count). The lowest BCUT2D eigenvalue weighted by molar-refractivity contribution is 0.0712. The molecule has 0 radical (unpaired) electrons. The molecule has 8 heteroatoms. The van der Waals surface area contributed by atoms with E-state index in [0.717, 1.165) is 40.8 Å². The van der Waals surface area contributed by atoms with Crippen LogP contribution in [0.4, 0.5) is 0 Å². The van der Waals surface area contributed by atoms with Crippen molar-refractivity contribution in [3.8, 4) is 11.5 Å². The van der Waals surface area contributed by atoms with Crippen molar-refractivity contribution in [3.63, 3.8) is 0 Å². The van der Waals surface area contributed by atoms with Gasteiger partial charge in [-0.1, -0.05) is 18.2 Å². The van der Waals surface area contributed by atoms with Gasteiger partial charge in [0.1, 0.15) is 28.6 Å². The molecule has 0 aliphatic carbocycles. The number of carbonyl (C=O) groups excluding carboxylic acids is 1. The fourth-order valence-electron chi connectivity index (χ4n) is 4.28. The number of amidine groups is 1. The molecule has 0 unspecified atom stereocenters. The van der Waals surface area contributed by atoms with Crippen molar-refractivity contribution in [2.75, 3.05) is 13.1 Å². The van der Waals surface area contributed by atoms with E-state index < -0.39 is 0 Å². The summed E-state index contributed by atoms with van der Waals surface area (Å²) in [6.07, 6.45) is 1.61. The molecule has 7 nitrogen and oxygen atoms in total. The number of benzene rings is 1. The van der Waals surface area contributed by atoms with Crippen LogP contribution in [0.15, 0.2) is 45.5 Å². The fourth-order valence-corrected chi connectivity index (χ4v) is 4.91. The van der Waals surface area contributed by atoms with Crippen molar-refractivity contribution >= 4 is 34.0 Å². The van der Waals surface area contributed by atoms with Crippen LogP contribution >= 0.6 is 11.3 Å². The van der Waals surface area contributed by atoms with Gasteiger partial charge in [0.15, 0.2) is 5.76 Å². The number of nitrogen functional groups attached to an aromatic ring is 1. The highest BCUT2D eigenvalue weighted by molar-refractivity contribution is 7.08. The summed E-state index contributed by atoms with van der Waals surface area (Å²) in [5, 5.41) is 12.9. The highest BCUT2D eigenvalue weighted by atomic mass is 32.1. The third kappa shape index (κ3) is 3.42. The monoisotopic (exact) mass is 433 g/mol. The molecule has 158 valence electrons. The number of nitrogens with one attached hydrogen (secondary N) is 2. The van der Waals surface area contributed by atoms with Crippen LogP contribution in [0.5, 0.6) is 0 Å². The molecule has 0 bridgehead atoms. The van der Waals surface area contributed by atoms with Gasteiger partial charge in [0, 0.05) is 35.3 Å². The average molecular weight is 434 g/mol. The minimum absolute atomic E-state index is 0.0853. The van der Waals surface area contributed by atoms with Crippen LogP contribution in [0.2, 0.25) is 0 Å². The molecule has 1 amide bonds. The maximum atomic E-state index is 12.6. The summed E-state index contributed by atoms with van der Waals surface area (Å²) in [6, 6.07) is 9.72. The third-order valence-electron chi connectivity index (χ3n) is 5.98. The summed E-state index contributed by atoms with van der Waals surface area (Å²) in [5.74, 6) is 1.62. The lowest BCUT2D eigenvalue weighted by atomic mass is 9.96. The second kappa shape index (κ2) is 7.70. The Morgan fingerprint density at radius 1 is 1.29 bits per heavy atom. The topological polar surface area (TPSA) is 112 Å². The Morgan fingerprint density at radius 2 is 2.06 bits per heavy atom. The number of likely N-dealkylation sites (tertiary alicyclic amines) is 1. The summed E-state index contributed by atoms with van der Waals surface area (Å²) in [7, 11) is 0. The Morgan fingerprint density at radius 3 is 2.74 bits per heavy atom. The summed E-state index contributed by atoms with van der Waals surface area (Å²) in [6.45, 7) is 3.35. The number of thiophene rings is 1. The number of imidazole rings is 1. The molecule has 1 aromatic carbocycles. The van der Waals surface area contributed by atoms with Crippen LogP contribution < -0.4 is 5.73 Å². The number of aryl methyl sites for hydroxylation is 1. The number of fused-ring (bicyclic) bond motifs is 1. The van der Waals surface area contributed by atoms with E-state index in [-0.39, 0.29) is 17.7 Å². The van der Waals surface area contributed by atoms with Crippen LogP contribution in [-0.2, 0) is 0 Å². The molecule has 0 atom stereocenters. The van der Waals surface area contributed by atoms with Crippen LogP contribution in [0.3, 0.4) is 0 Å². The molecular weight excluding hydrogens is 410 g/mol. The van der Waals surface area contributed by atoms with Gasteiger partial charge in [0.2, 0.25) is 0 Å². The van der Waals surface area contributed by atoms with E-state index in [1.807, 2.05) is 52.9 Å². The summed E-state index contributed by atoms with van der Waals surface area (Å²) in [5.41, 5.74) is 9.46. The number of aromatic amines is 1. The van der Waals surface area contributed by atoms with Gasteiger partial charge in [0.05, 0.1) is 5.56 Å². The number of amides is 1. The number of H-pyrrole nitrogens is 1. The van der Waals surface area contributed by atoms with Crippen molar-refractivity contribution in [1.82, 2.24) is 14.9 Å². The molecule has 4 heterocycles. The van der Waals surface area contributed by atoms with Crippen LogP contribution in [0.25, 0.3) is 22.4 Å². The molecule has 3 aromatic heterocycles. The second-order valence-electron chi connectivity index (χ2n) is 7.89. The molecular formula is C23H23N5O2S. The predicted molar refractivity (Wildman–Crippen MR) is 122 cm³/mol. The zero-order valence-electron chi connectivity index (χ0n) is 17.1. The minimum atomic E-state index is -0.0950. The van der Waals surface area contributed by atoms with E-state index in [1.54, 1.807) is 0 Å². The lowest BCUT2D eigenvalue weighted by Gasteiger charge is -2.31. The standard InChI is InChI=1S/C23H23N5O2S/c1-13-16-4-2-3-5-17(16)30-20(13)18-19(21(24)25)27-22(26-18)14-6-9-28(10-7-14)23(29)15-8-11-31-12-15/h2-5,8,11-12,14H,6-7,9-10H2,1H3,(H3,24,25)(H,26,27). The second-order valence-corrected chi connectivity index (χ2v) is 8.67. The number of hydrogen-bond acceptors (Lipinski definition) is 5. The first-order chi connectivity index (χ1) is 15.0. The van der Waals surface area contributed by atoms with E-state index in [2.05, 4.69) is 9.97 Å². The highest BCUT2D eigenvalue weighted by Crippen LogP contribution is 2.36. The van der Waals surface area contributed by atoms with Crippen molar-refractivity contribution in [3.05, 3.63) is 63.7 Å². The number of rotatable bonds is 4. The molecule has 1 aliphatic heterocycles. The van der Waals surface area contributed by atoms with Crippen LogP contribution in [-0.4, -0.2) is 39.7 Å². The number of carbonyl (C=O) groups is 1. The predicted octanol–water partition coefficient (Wildman–Crippen LogP) is 4.50. The quantitative estimate of drug-likeness (QED) is 0.325. The Hall–Kier alpha value is -3.39. The summed E-state index contributed by atoms with van der Waals surface area (Å²) < 4.78 is 6.09. The average Bonchev–Trinajstić information content (AvgIpc) is 3.53. The molecule has 31 heavy (non-hydrogen) atoms.